The lowest BCUT2D eigenvalue weighted by Gasteiger charge is -2.45. The van der Waals surface area contributed by atoms with Crippen LogP contribution in [-0.2, 0) is 4.74 Å². The predicted octanol–water partition coefficient (Wildman–Crippen LogP) is 2.55. The minimum absolute atomic E-state index is 0.0425. The second-order valence-corrected chi connectivity index (χ2v) is 6.39. The van der Waals surface area contributed by atoms with Gasteiger partial charge in [-0.15, -0.1) is 0 Å². The number of amides is 1. The summed E-state index contributed by atoms with van der Waals surface area (Å²) in [6.07, 6.45) is -1.13. The largest absolute Gasteiger partial charge is 0.444 e. The normalized spacial score (nSPS) is 20.2. The summed E-state index contributed by atoms with van der Waals surface area (Å²) in [6, 6.07) is 4.79. The molecule has 1 aromatic rings. The zero-order chi connectivity index (χ0) is 18.7. The summed E-state index contributed by atoms with van der Waals surface area (Å²) in [5.41, 5.74) is 9.18. The van der Waals surface area contributed by atoms with Gasteiger partial charge in [0.15, 0.2) is 0 Å². The van der Waals surface area contributed by atoms with E-state index in [-0.39, 0.29) is 19.1 Å². The Kier molecular flexibility index (Phi) is 5.43. The van der Waals surface area contributed by atoms with Gasteiger partial charge in [0.2, 0.25) is 0 Å². The number of carbonyl (C=O) groups is 1. The molecular weight excluding hydrogens is 346 g/mol. The Labute approximate surface area is 149 Å². The molecule has 0 spiro atoms. The number of likely N-dealkylation sites (N-methyl/N-ethyl adjacent to an activating group) is 1. The molecule has 0 bridgehead atoms. The van der Waals surface area contributed by atoms with Crippen molar-refractivity contribution in [3.63, 3.8) is 0 Å². The van der Waals surface area contributed by atoms with Gasteiger partial charge in [0, 0.05) is 30.6 Å². The number of ether oxygens (including phenoxy) is 1. The molecular formula is C16H20F2N6O2. The fraction of sp³-hybridized carbons (Fsp3) is 0.562. The second-order valence-electron chi connectivity index (χ2n) is 6.39. The fourth-order valence-corrected chi connectivity index (χ4v) is 3.12. The Balaban J connectivity index is 1.64. The predicted molar refractivity (Wildman–Crippen MR) is 92.6 cm³/mol. The molecule has 3 rings (SSSR count). The first-order valence-electron chi connectivity index (χ1n) is 8.33. The minimum atomic E-state index is -0.591. The molecule has 2 saturated heterocycles. The average Bonchev–Trinajstić information content (AvgIpc) is 2.94. The van der Waals surface area contributed by atoms with Crippen molar-refractivity contribution in [2.24, 2.45) is 5.11 Å². The van der Waals surface area contributed by atoms with Crippen molar-refractivity contribution in [3.8, 4) is 0 Å². The van der Waals surface area contributed by atoms with Gasteiger partial charge < -0.3 is 9.64 Å². The van der Waals surface area contributed by atoms with Crippen LogP contribution in [0.25, 0.3) is 10.4 Å². The van der Waals surface area contributed by atoms with E-state index in [1.807, 2.05) is 16.8 Å². The third kappa shape index (κ3) is 3.66. The van der Waals surface area contributed by atoms with Gasteiger partial charge in [0.25, 0.3) is 0 Å². The monoisotopic (exact) mass is 366 g/mol. The minimum Gasteiger partial charge on any atom is -0.444 e. The van der Waals surface area contributed by atoms with Crippen LogP contribution in [0.3, 0.4) is 0 Å². The van der Waals surface area contributed by atoms with Gasteiger partial charge in [-0.1, -0.05) is 5.11 Å². The summed E-state index contributed by atoms with van der Waals surface area (Å²) in [7, 11) is 1.85. The van der Waals surface area contributed by atoms with Crippen LogP contribution in [0.1, 0.15) is 0 Å². The van der Waals surface area contributed by atoms with E-state index >= 15 is 0 Å². The first-order chi connectivity index (χ1) is 12.5. The fourth-order valence-electron chi connectivity index (χ4n) is 3.12. The number of anilines is 2. The number of azide groups is 1. The highest BCUT2D eigenvalue weighted by Crippen LogP contribution is 2.31. The lowest BCUT2D eigenvalue weighted by atomic mass is 10.1. The van der Waals surface area contributed by atoms with Crippen molar-refractivity contribution in [1.29, 1.82) is 0 Å². The summed E-state index contributed by atoms with van der Waals surface area (Å²) in [6.45, 7) is 1.48. The first kappa shape index (κ1) is 18.2. The number of hydrogen-bond donors (Lipinski definition) is 0. The molecule has 10 heteroatoms. The van der Waals surface area contributed by atoms with Gasteiger partial charge in [-0.05, 0) is 30.8 Å². The highest BCUT2D eigenvalue weighted by Gasteiger charge is 2.34. The van der Waals surface area contributed by atoms with Gasteiger partial charge >= 0.3 is 6.09 Å². The van der Waals surface area contributed by atoms with Gasteiger partial charge in [-0.3, -0.25) is 9.80 Å². The zero-order valence-corrected chi connectivity index (χ0v) is 14.4. The molecule has 1 amide bonds. The molecule has 26 heavy (non-hydrogen) atoms. The van der Waals surface area contributed by atoms with Gasteiger partial charge in [-0.2, -0.15) is 0 Å². The quantitative estimate of drug-likeness (QED) is 0.422. The Morgan fingerprint density at radius 1 is 1.42 bits per heavy atom. The number of halogens is 2. The van der Waals surface area contributed by atoms with Gasteiger partial charge in [0.05, 0.1) is 24.5 Å². The third-order valence-electron chi connectivity index (χ3n) is 4.73. The van der Waals surface area contributed by atoms with Gasteiger partial charge in [0.1, 0.15) is 18.6 Å². The van der Waals surface area contributed by atoms with Crippen LogP contribution in [0, 0.1) is 5.82 Å². The third-order valence-corrected chi connectivity index (χ3v) is 4.73. The van der Waals surface area contributed by atoms with Crippen LogP contribution in [0.5, 0.6) is 0 Å². The molecule has 0 unspecified atom stereocenters. The first-order valence-corrected chi connectivity index (χ1v) is 8.33. The maximum Gasteiger partial charge on any atom is 0.414 e. The van der Waals surface area contributed by atoms with E-state index < -0.39 is 24.7 Å². The van der Waals surface area contributed by atoms with Crippen LogP contribution in [0.15, 0.2) is 23.3 Å². The highest BCUT2D eigenvalue weighted by molar-refractivity contribution is 5.90. The molecule has 140 valence electrons. The number of hydrogen-bond acceptors (Lipinski definition) is 5. The van der Waals surface area contributed by atoms with Crippen molar-refractivity contribution in [2.75, 3.05) is 56.2 Å². The SMILES string of the molecule is CN(CCF)C1CN(c2ccc(N3C[C@H](CN=[N+]=[N-])OC3=O)cc2F)C1. The van der Waals surface area contributed by atoms with Crippen molar-refractivity contribution in [3.05, 3.63) is 34.5 Å². The summed E-state index contributed by atoms with van der Waals surface area (Å²) in [5, 5.41) is 3.39. The molecule has 2 aliphatic rings. The van der Waals surface area contributed by atoms with E-state index in [0.29, 0.717) is 31.0 Å². The summed E-state index contributed by atoms with van der Waals surface area (Å²) in [5.74, 6) is -0.430. The van der Waals surface area contributed by atoms with Crippen LogP contribution < -0.4 is 9.80 Å². The Bertz CT molecular complexity index is 721. The average molecular weight is 366 g/mol. The summed E-state index contributed by atoms with van der Waals surface area (Å²) < 4.78 is 32.0. The van der Waals surface area contributed by atoms with Crippen LogP contribution in [0.2, 0.25) is 0 Å². The maximum atomic E-state index is 14.5. The molecule has 0 N–H and O–H groups in total. The number of cyclic esters (lactones) is 1. The maximum absolute atomic E-state index is 14.5. The van der Waals surface area contributed by atoms with E-state index in [2.05, 4.69) is 10.0 Å². The van der Waals surface area contributed by atoms with E-state index in [1.165, 1.54) is 11.0 Å². The van der Waals surface area contributed by atoms with Crippen molar-refractivity contribution >= 4 is 17.5 Å². The number of alkyl halides is 1. The van der Waals surface area contributed by atoms with Crippen molar-refractivity contribution < 1.29 is 18.3 Å². The standard InChI is InChI=1S/C16H20F2N6O2/c1-22(5-4-17)12-8-23(9-12)15-3-2-11(6-14(15)18)24-10-13(7-20-21-19)26-16(24)25/h2-3,6,12-13H,4-5,7-10H2,1H3/t13-/m0/s1. The van der Waals surface area contributed by atoms with E-state index in [9.17, 15) is 13.6 Å². The molecule has 1 atom stereocenters. The van der Waals surface area contributed by atoms with E-state index in [1.54, 1.807) is 12.1 Å². The lowest BCUT2D eigenvalue weighted by Crippen LogP contribution is -2.59. The second kappa shape index (κ2) is 7.76. The highest BCUT2D eigenvalue weighted by atomic mass is 19.1. The number of benzene rings is 1. The Morgan fingerprint density at radius 3 is 2.85 bits per heavy atom. The molecule has 2 heterocycles. The molecule has 2 aliphatic heterocycles. The number of carbonyl (C=O) groups excluding carboxylic acids is 1. The molecule has 0 saturated carbocycles. The molecule has 2 fully saturated rings. The van der Waals surface area contributed by atoms with Crippen LogP contribution in [0.4, 0.5) is 25.0 Å². The van der Waals surface area contributed by atoms with E-state index in [0.717, 1.165) is 0 Å². The van der Waals surface area contributed by atoms with E-state index in [4.69, 9.17) is 10.3 Å². The van der Waals surface area contributed by atoms with Crippen molar-refractivity contribution in [2.45, 2.75) is 12.1 Å². The molecule has 0 aliphatic carbocycles. The van der Waals surface area contributed by atoms with Gasteiger partial charge in [-0.25, -0.2) is 13.6 Å². The topological polar surface area (TPSA) is 84.8 Å². The number of rotatable bonds is 7. The molecule has 0 aromatic heterocycles. The summed E-state index contributed by atoms with van der Waals surface area (Å²) >= 11 is 0. The van der Waals surface area contributed by atoms with Crippen LogP contribution in [-0.4, -0.2) is 69.6 Å². The summed E-state index contributed by atoms with van der Waals surface area (Å²) in [4.78, 5) is 19.7. The zero-order valence-electron chi connectivity index (χ0n) is 14.4. The van der Waals surface area contributed by atoms with Crippen molar-refractivity contribution in [1.82, 2.24) is 4.90 Å². The van der Waals surface area contributed by atoms with Crippen LogP contribution >= 0.6 is 0 Å². The number of nitrogens with zero attached hydrogens (tertiary/aromatic N) is 6. The molecule has 8 nitrogen and oxygen atoms in total. The molecule has 1 aromatic carbocycles. The Morgan fingerprint density at radius 2 is 2.19 bits per heavy atom. The Hall–Kier alpha value is -2.58. The molecule has 0 radical (unpaired) electrons. The lowest BCUT2D eigenvalue weighted by molar-refractivity contribution is 0.145. The smallest absolute Gasteiger partial charge is 0.414 e.